The molecule has 0 atom stereocenters. The van der Waals surface area contributed by atoms with Gasteiger partial charge in [-0.15, -0.1) is 0 Å². The van der Waals surface area contributed by atoms with Gasteiger partial charge in [-0.1, -0.05) is 0 Å². The van der Waals surface area contributed by atoms with Crippen LogP contribution in [0.3, 0.4) is 0 Å². The van der Waals surface area contributed by atoms with Gasteiger partial charge in [-0.05, 0) is 85.6 Å². The molecule has 0 aromatic carbocycles. The maximum atomic E-state index is 14.2. The van der Waals surface area contributed by atoms with E-state index < -0.39 is 11.5 Å². The minimum absolute atomic E-state index is 0.144. The molecule has 3 N–H and O–H groups in total. The van der Waals surface area contributed by atoms with Crippen LogP contribution in [0, 0.1) is 6.92 Å². The quantitative estimate of drug-likeness (QED) is 0.784. The second-order valence-electron chi connectivity index (χ2n) is 7.13. The van der Waals surface area contributed by atoms with Crippen LogP contribution in [0.2, 0.25) is 0 Å². The topological polar surface area (TPSA) is 84.8 Å². The van der Waals surface area contributed by atoms with Gasteiger partial charge in [0.25, 0.3) is 5.56 Å². The van der Waals surface area contributed by atoms with Crippen LogP contribution in [0.15, 0.2) is 40.6 Å². The van der Waals surface area contributed by atoms with Crippen molar-refractivity contribution in [2.75, 3.05) is 6.54 Å². The molecule has 1 fully saturated rings. The van der Waals surface area contributed by atoms with Gasteiger partial charge >= 0.3 is 5.97 Å². The van der Waals surface area contributed by atoms with Crippen molar-refractivity contribution in [1.29, 1.82) is 0 Å². The molecule has 3 rings (SSSR count). The first-order valence-corrected chi connectivity index (χ1v) is 8.92. The molecular formula is C21H23FN2O3. The van der Waals surface area contributed by atoms with Gasteiger partial charge in [0.2, 0.25) is 0 Å². The van der Waals surface area contributed by atoms with Crippen molar-refractivity contribution in [1.82, 2.24) is 4.40 Å². The van der Waals surface area contributed by atoms with Gasteiger partial charge < -0.3 is 10.8 Å². The summed E-state index contributed by atoms with van der Waals surface area (Å²) < 4.78 is 15.6. The van der Waals surface area contributed by atoms with Crippen LogP contribution in [0.4, 0.5) is 4.39 Å². The molecular weight excluding hydrogens is 347 g/mol. The van der Waals surface area contributed by atoms with Crippen molar-refractivity contribution >= 4 is 17.1 Å². The molecule has 2 aromatic rings. The second-order valence-corrected chi connectivity index (χ2v) is 7.13. The molecule has 142 valence electrons. The summed E-state index contributed by atoms with van der Waals surface area (Å²) in [6, 6.07) is 3.23. The Balaban J connectivity index is 2.28. The van der Waals surface area contributed by atoms with E-state index in [1.54, 1.807) is 19.2 Å². The Morgan fingerprint density at radius 1 is 1.37 bits per heavy atom. The fourth-order valence-corrected chi connectivity index (χ4v) is 3.37. The number of aromatic nitrogens is 1. The van der Waals surface area contributed by atoms with E-state index in [0.29, 0.717) is 5.57 Å². The first kappa shape index (κ1) is 19.0. The lowest BCUT2D eigenvalue weighted by atomic mass is 9.96. The average Bonchev–Trinajstić information content (AvgIpc) is 3.46. The first-order chi connectivity index (χ1) is 12.8. The van der Waals surface area contributed by atoms with Gasteiger partial charge in [0.05, 0.1) is 5.52 Å². The standard InChI is InChI=1S/C21H23FN2O3/c1-11(8-18(22)12(2)10-23)15-6-7-24-19(13(15)3)16(14-4-5-14)9-17(20(24)25)21(26)27/h6-9,14H,4-5,10,23H2,1-3H3,(H,26,27)/b11-8+,18-12-. The van der Waals surface area contributed by atoms with E-state index in [1.807, 2.05) is 13.8 Å². The lowest BCUT2D eigenvalue weighted by Crippen LogP contribution is -2.23. The highest BCUT2D eigenvalue weighted by Gasteiger charge is 2.29. The highest BCUT2D eigenvalue weighted by molar-refractivity contribution is 5.89. The third-order valence-corrected chi connectivity index (χ3v) is 5.14. The Hall–Kier alpha value is -2.73. The lowest BCUT2D eigenvalue weighted by molar-refractivity contribution is 0.0694. The number of pyridine rings is 2. The molecule has 0 spiro atoms. The van der Waals surface area contributed by atoms with E-state index >= 15 is 0 Å². The molecule has 6 heteroatoms. The van der Waals surface area contributed by atoms with Crippen molar-refractivity contribution in [2.45, 2.75) is 39.5 Å². The van der Waals surface area contributed by atoms with Crippen molar-refractivity contribution in [3.8, 4) is 0 Å². The minimum Gasteiger partial charge on any atom is -0.477 e. The van der Waals surface area contributed by atoms with E-state index in [1.165, 1.54) is 16.5 Å². The summed E-state index contributed by atoms with van der Waals surface area (Å²) in [5.74, 6) is -1.33. The molecule has 1 aliphatic rings. The lowest BCUT2D eigenvalue weighted by Gasteiger charge is -2.15. The molecule has 2 aromatic heterocycles. The van der Waals surface area contributed by atoms with Crippen LogP contribution in [-0.4, -0.2) is 22.0 Å². The van der Waals surface area contributed by atoms with E-state index in [0.717, 1.165) is 40.6 Å². The Morgan fingerprint density at radius 3 is 2.59 bits per heavy atom. The molecule has 0 amide bonds. The predicted molar refractivity (Wildman–Crippen MR) is 104 cm³/mol. The molecule has 0 radical (unpaired) electrons. The highest BCUT2D eigenvalue weighted by Crippen LogP contribution is 2.43. The van der Waals surface area contributed by atoms with E-state index in [2.05, 4.69) is 0 Å². The molecule has 0 bridgehead atoms. The number of carboxylic acids is 1. The predicted octanol–water partition coefficient (Wildman–Crippen LogP) is 3.79. The van der Waals surface area contributed by atoms with Crippen LogP contribution >= 0.6 is 0 Å². The number of hydrogen-bond acceptors (Lipinski definition) is 3. The SMILES string of the molecule is C/C(CN)=C(F)\C=C(/C)c1ccn2c(=O)c(C(=O)O)cc(C3CC3)c2c1C. The molecule has 1 aliphatic carbocycles. The minimum atomic E-state index is -1.22. The third kappa shape index (κ3) is 3.45. The number of halogens is 1. The summed E-state index contributed by atoms with van der Waals surface area (Å²) in [4.78, 5) is 24.0. The molecule has 2 heterocycles. The Bertz CT molecular complexity index is 1060. The summed E-state index contributed by atoms with van der Waals surface area (Å²) in [6.45, 7) is 5.48. The van der Waals surface area contributed by atoms with Gasteiger partial charge in [-0.3, -0.25) is 9.20 Å². The Morgan fingerprint density at radius 2 is 2.04 bits per heavy atom. The number of hydrogen-bond donors (Lipinski definition) is 2. The van der Waals surface area contributed by atoms with Crippen LogP contribution < -0.4 is 11.3 Å². The van der Waals surface area contributed by atoms with Gasteiger partial charge in [0, 0.05) is 12.7 Å². The summed E-state index contributed by atoms with van der Waals surface area (Å²) >= 11 is 0. The van der Waals surface area contributed by atoms with Gasteiger partial charge in [-0.25, -0.2) is 9.18 Å². The smallest absolute Gasteiger partial charge is 0.341 e. The van der Waals surface area contributed by atoms with Crippen molar-refractivity contribution in [2.24, 2.45) is 5.73 Å². The maximum absolute atomic E-state index is 14.2. The van der Waals surface area contributed by atoms with Crippen molar-refractivity contribution < 1.29 is 14.3 Å². The van der Waals surface area contributed by atoms with E-state index in [-0.39, 0.29) is 23.9 Å². The first-order valence-electron chi connectivity index (χ1n) is 8.92. The van der Waals surface area contributed by atoms with Gasteiger partial charge in [-0.2, -0.15) is 0 Å². The zero-order valence-corrected chi connectivity index (χ0v) is 15.7. The number of aryl methyl sites for hydroxylation is 1. The zero-order valence-electron chi connectivity index (χ0n) is 15.7. The van der Waals surface area contributed by atoms with E-state index in [9.17, 15) is 19.1 Å². The number of rotatable bonds is 5. The summed E-state index contributed by atoms with van der Waals surface area (Å²) in [5, 5.41) is 9.36. The monoisotopic (exact) mass is 370 g/mol. The Kier molecular flexibility index (Phi) is 5.02. The summed E-state index contributed by atoms with van der Waals surface area (Å²) in [7, 11) is 0. The maximum Gasteiger partial charge on any atom is 0.341 e. The summed E-state index contributed by atoms with van der Waals surface area (Å²) in [5.41, 5.74) is 9.15. The number of allylic oxidation sites excluding steroid dienone is 3. The Labute approximate surface area is 156 Å². The number of aromatic carboxylic acids is 1. The molecule has 1 saturated carbocycles. The van der Waals surface area contributed by atoms with Crippen LogP contribution in [0.1, 0.15) is 59.7 Å². The fraction of sp³-hybridized carbons (Fsp3) is 0.333. The highest BCUT2D eigenvalue weighted by atomic mass is 19.1. The molecule has 27 heavy (non-hydrogen) atoms. The fourth-order valence-electron chi connectivity index (χ4n) is 3.37. The van der Waals surface area contributed by atoms with Crippen LogP contribution in [0.25, 0.3) is 11.1 Å². The number of nitrogens with zero attached hydrogens (tertiary/aromatic N) is 1. The van der Waals surface area contributed by atoms with Crippen LogP contribution in [-0.2, 0) is 0 Å². The number of carboxylic acid groups (broad SMARTS) is 1. The summed E-state index contributed by atoms with van der Waals surface area (Å²) in [6.07, 6.45) is 4.96. The molecule has 0 unspecified atom stereocenters. The average molecular weight is 370 g/mol. The number of carbonyl (C=O) groups is 1. The normalized spacial score (nSPS) is 15.8. The van der Waals surface area contributed by atoms with Crippen LogP contribution in [0.5, 0.6) is 0 Å². The molecule has 5 nitrogen and oxygen atoms in total. The largest absolute Gasteiger partial charge is 0.477 e. The number of nitrogens with two attached hydrogens (primary N) is 1. The molecule has 0 aliphatic heterocycles. The second kappa shape index (κ2) is 7.12. The number of fused-ring (bicyclic) bond motifs is 1. The van der Waals surface area contributed by atoms with Gasteiger partial charge in [0.15, 0.2) is 0 Å². The zero-order chi connectivity index (χ0) is 19.9. The van der Waals surface area contributed by atoms with Gasteiger partial charge in [0.1, 0.15) is 11.4 Å². The van der Waals surface area contributed by atoms with E-state index in [4.69, 9.17) is 5.73 Å². The third-order valence-electron chi connectivity index (χ3n) is 5.14. The van der Waals surface area contributed by atoms with Crippen molar-refractivity contribution in [3.63, 3.8) is 0 Å². The molecule has 0 saturated heterocycles. The van der Waals surface area contributed by atoms with Crippen molar-refractivity contribution in [3.05, 3.63) is 68.4 Å².